The van der Waals surface area contributed by atoms with Crippen LogP contribution in [0, 0.1) is 5.82 Å². The van der Waals surface area contributed by atoms with Gasteiger partial charge in [-0.15, -0.1) is 0 Å². The summed E-state index contributed by atoms with van der Waals surface area (Å²) in [6.45, 7) is 3.78. The van der Waals surface area contributed by atoms with E-state index in [1.165, 1.54) is 19.2 Å². The quantitative estimate of drug-likeness (QED) is 0.443. The van der Waals surface area contributed by atoms with Gasteiger partial charge < -0.3 is 20.3 Å². The summed E-state index contributed by atoms with van der Waals surface area (Å²) in [6.07, 6.45) is -0.793. The maximum Gasteiger partial charge on any atom is 0.154 e. The van der Waals surface area contributed by atoms with Crippen LogP contribution in [0.4, 0.5) is 4.39 Å². The summed E-state index contributed by atoms with van der Waals surface area (Å²) in [4.78, 5) is 4.63. The third kappa shape index (κ3) is 3.76. The van der Waals surface area contributed by atoms with Gasteiger partial charge in [-0.1, -0.05) is 30.3 Å². The van der Waals surface area contributed by atoms with Crippen LogP contribution in [-0.4, -0.2) is 38.5 Å². The first-order valence-electron chi connectivity index (χ1n) is 10.7. The molecule has 1 aliphatic heterocycles. The van der Waals surface area contributed by atoms with Crippen molar-refractivity contribution in [3.05, 3.63) is 82.9 Å². The van der Waals surface area contributed by atoms with Crippen molar-refractivity contribution in [2.45, 2.75) is 31.6 Å². The number of halogens is 1. The summed E-state index contributed by atoms with van der Waals surface area (Å²) in [5, 5.41) is 29.0. The molecule has 1 aliphatic rings. The minimum absolute atomic E-state index is 0.299. The monoisotopic (exact) mass is 448 g/mol. The number of hydrogen-bond acceptors (Lipinski definition) is 6. The van der Waals surface area contributed by atoms with Crippen molar-refractivity contribution in [2.24, 2.45) is 0 Å². The van der Waals surface area contributed by atoms with E-state index in [0.29, 0.717) is 29.3 Å². The van der Waals surface area contributed by atoms with Crippen LogP contribution in [0.25, 0.3) is 16.9 Å². The molecule has 3 heterocycles. The van der Waals surface area contributed by atoms with Crippen molar-refractivity contribution in [1.29, 1.82) is 0 Å². The van der Waals surface area contributed by atoms with Gasteiger partial charge in [0.05, 0.1) is 35.8 Å². The molecule has 0 bridgehead atoms. The van der Waals surface area contributed by atoms with Gasteiger partial charge in [-0.2, -0.15) is 5.10 Å². The maximum atomic E-state index is 13.8. The lowest BCUT2D eigenvalue weighted by molar-refractivity contribution is 0.0786. The van der Waals surface area contributed by atoms with E-state index in [4.69, 9.17) is 9.84 Å². The number of benzene rings is 2. The Balaban J connectivity index is 1.64. The van der Waals surface area contributed by atoms with Gasteiger partial charge in [-0.25, -0.2) is 13.9 Å². The van der Waals surface area contributed by atoms with Crippen LogP contribution in [0.15, 0.2) is 54.6 Å². The zero-order valence-electron chi connectivity index (χ0n) is 18.6. The number of β-amino-alcohol motifs (C(OH)–C–C–N with tert-alkyl or cyclic N) is 1. The Morgan fingerprint density at radius 1 is 1.12 bits per heavy atom. The van der Waals surface area contributed by atoms with Gasteiger partial charge in [0.1, 0.15) is 17.7 Å². The zero-order chi connectivity index (χ0) is 23.3. The third-order valence-electron chi connectivity index (χ3n) is 6.04. The molecule has 8 heteroatoms. The number of nitrogens with one attached hydrogen (secondary N) is 1. The molecule has 2 atom stereocenters. The van der Waals surface area contributed by atoms with Crippen LogP contribution in [-0.2, 0) is 5.60 Å². The topological polar surface area (TPSA) is 91.9 Å². The fourth-order valence-corrected chi connectivity index (χ4v) is 4.29. The van der Waals surface area contributed by atoms with Gasteiger partial charge in [-0.3, -0.25) is 0 Å². The lowest BCUT2D eigenvalue weighted by Crippen LogP contribution is -2.34. The highest BCUT2D eigenvalue weighted by Gasteiger charge is 2.34. The highest BCUT2D eigenvalue weighted by Crippen LogP contribution is 2.37. The average molecular weight is 448 g/mol. The summed E-state index contributed by atoms with van der Waals surface area (Å²) < 4.78 is 21.0. The van der Waals surface area contributed by atoms with Crippen LogP contribution < -0.4 is 10.1 Å². The van der Waals surface area contributed by atoms with Gasteiger partial charge >= 0.3 is 0 Å². The number of aliphatic hydroxyl groups excluding tert-OH is 1. The molecule has 0 saturated heterocycles. The molecule has 0 radical (unpaired) electrons. The number of rotatable bonds is 4. The number of imidazole rings is 1. The Morgan fingerprint density at radius 3 is 2.58 bits per heavy atom. The van der Waals surface area contributed by atoms with Crippen molar-refractivity contribution in [1.82, 2.24) is 19.9 Å². The lowest BCUT2D eigenvalue weighted by atomic mass is 9.96. The van der Waals surface area contributed by atoms with E-state index < -0.39 is 17.7 Å². The second-order valence-electron chi connectivity index (χ2n) is 8.75. The number of ether oxygens (including phenoxy) is 1. The first kappa shape index (κ1) is 21.5. The van der Waals surface area contributed by atoms with E-state index in [0.717, 1.165) is 22.4 Å². The number of aromatic nitrogens is 3. The van der Waals surface area contributed by atoms with E-state index in [1.807, 2.05) is 36.4 Å². The smallest absolute Gasteiger partial charge is 0.154 e. The van der Waals surface area contributed by atoms with Crippen LogP contribution in [0.2, 0.25) is 0 Å². The molecule has 2 aromatic carbocycles. The molecule has 7 nitrogen and oxygen atoms in total. The van der Waals surface area contributed by atoms with Crippen molar-refractivity contribution >= 4 is 5.65 Å². The molecule has 2 aromatic heterocycles. The van der Waals surface area contributed by atoms with Crippen molar-refractivity contribution in [2.75, 3.05) is 13.7 Å². The summed E-state index contributed by atoms with van der Waals surface area (Å²) in [5.74, 6) is 0.0166. The molecule has 33 heavy (non-hydrogen) atoms. The van der Waals surface area contributed by atoms with Crippen LogP contribution in [0.1, 0.15) is 48.5 Å². The third-order valence-corrected chi connectivity index (χ3v) is 6.04. The Morgan fingerprint density at radius 2 is 1.88 bits per heavy atom. The highest BCUT2D eigenvalue weighted by molar-refractivity contribution is 5.62. The molecular formula is C25H25FN4O3. The minimum Gasteiger partial charge on any atom is -0.496 e. The number of fused-ring (bicyclic) bond motifs is 3. The van der Waals surface area contributed by atoms with Crippen molar-refractivity contribution < 1.29 is 19.3 Å². The molecule has 170 valence electrons. The lowest BCUT2D eigenvalue weighted by Gasteiger charge is -2.28. The zero-order valence-corrected chi connectivity index (χ0v) is 18.6. The first-order chi connectivity index (χ1) is 15.8. The molecular weight excluding hydrogens is 423 g/mol. The second-order valence-corrected chi connectivity index (χ2v) is 8.75. The van der Waals surface area contributed by atoms with Gasteiger partial charge in [-0.05, 0) is 37.6 Å². The fourth-order valence-electron chi connectivity index (χ4n) is 4.29. The van der Waals surface area contributed by atoms with Gasteiger partial charge in [0, 0.05) is 23.7 Å². The molecule has 0 saturated carbocycles. The number of aliphatic hydroxyl groups is 2. The van der Waals surface area contributed by atoms with Gasteiger partial charge in [0.25, 0.3) is 0 Å². The highest BCUT2D eigenvalue weighted by atomic mass is 19.1. The summed E-state index contributed by atoms with van der Waals surface area (Å²) in [7, 11) is 1.50. The van der Waals surface area contributed by atoms with E-state index in [-0.39, 0.29) is 5.82 Å². The fraction of sp³-hybridized carbons (Fsp3) is 0.280. The minimum atomic E-state index is -0.928. The average Bonchev–Trinajstić information content (AvgIpc) is 3.19. The van der Waals surface area contributed by atoms with E-state index in [1.54, 1.807) is 24.4 Å². The molecule has 0 amide bonds. The Kier molecular flexibility index (Phi) is 5.16. The molecule has 4 aromatic rings. The van der Waals surface area contributed by atoms with Crippen LogP contribution >= 0.6 is 0 Å². The van der Waals surface area contributed by atoms with Gasteiger partial charge in [0.15, 0.2) is 5.65 Å². The van der Waals surface area contributed by atoms with E-state index in [2.05, 4.69) is 10.3 Å². The molecule has 0 fully saturated rings. The van der Waals surface area contributed by atoms with E-state index >= 15 is 0 Å². The summed E-state index contributed by atoms with van der Waals surface area (Å²) in [6, 6.07) is 15.3. The molecule has 0 unspecified atom stereocenters. The summed E-state index contributed by atoms with van der Waals surface area (Å²) >= 11 is 0. The number of nitrogens with zero attached hydrogens (tertiary/aromatic N) is 3. The standard InChI is InChI=1S/C25H25FN4O3/c1-25(2,32)15-6-4-14(5-7-15)18-10-11-21-28-23-19(31)13-27-22(24(23)30(21)29-18)17-9-8-16(26)12-20(17)33-3/h4-12,19,22,27,31-32H,13H2,1-3H3/t19-,22-/m0/s1. The predicted molar refractivity (Wildman–Crippen MR) is 121 cm³/mol. The molecule has 0 spiro atoms. The number of methoxy groups -OCH3 is 1. The SMILES string of the molecule is COc1cc(F)ccc1[C@@H]1NC[C@H](O)c2nc3ccc(-c4ccc(C(C)(C)O)cc4)nn3c21. The Labute approximate surface area is 190 Å². The van der Waals surface area contributed by atoms with Crippen molar-refractivity contribution in [3.63, 3.8) is 0 Å². The normalized spacial score (nSPS) is 18.4. The van der Waals surface area contributed by atoms with Crippen LogP contribution in [0.3, 0.4) is 0 Å². The summed E-state index contributed by atoms with van der Waals surface area (Å²) in [5.41, 5.74) is 4.03. The van der Waals surface area contributed by atoms with Crippen LogP contribution in [0.5, 0.6) is 5.75 Å². The maximum absolute atomic E-state index is 13.8. The largest absolute Gasteiger partial charge is 0.496 e. The number of hydrogen-bond donors (Lipinski definition) is 3. The Hall–Kier alpha value is -3.33. The molecule has 3 N–H and O–H groups in total. The predicted octanol–water partition coefficient (Wildman–Crippen LogP) is 3.50. The van der Waals surface area contributed by atoms with Crippen molar-refractivity contribution in [3.8, 4) is 17.0 Å². The van der Waals surface area contributed by atoms with E-state index in [9.17, 15) is 14.6 Å². The van der Waals surface area contributed by atoms with Gasteiger partial charge in [0.2, 0.25) is 0 Å². The molecule has 5 rings (SSSR count). The molecule has 0 aliphatic carbocycles. The first-order valence-corrected chi connectivity index (χ1v) is 10.7. The Bertz CT molecular complexity index is 1330. The second kappa shape index (κ2) is 7.91.